The minimum atomic E-state index is -1.14. The second-order valence-corrected chi connectivity index (χ2v) is 5.63. The highest BCUT2D eigenvalue weighted by Gasteiger charge is 2.34. The Labute approximate surface area is 135 Å². The van der Waals surface area contributed by atoms with Gasteiger partial charge in [0.25, 0.3) is 0 Å². The summed E-state index contributed by atoms with van der Waals surface area (Å²) in [6.45, 7) is 2.72. The molecule has 5 nitrogen and oxygen atoms in total. The van der Waals surface area contributed by atoms with Crippen LogP contribution in [-0.4, -0.2) is 34.6 Å². The van der Waals surface area contributed by atoms with E-state index in [0.717, 1.165) is 5.56 Å². The maximum Gasteiger partial charge on any atom is 0.325 e. The normalized spacial score (nSPS) is 14.7. The molecule has 0 saturated heterocycles. The maximum atomic E-state index is 12.4. The number of hydrogen-bond donors (Lipinski definition) is 3. The summed E-state index contributed by atoms with van der Waals surface area (Å²) in [4.78, 5) is 35.2. The van der Waals surface area contributed by atoms with Crippen molar-refractivity contribution in [2.24, 2.45) is 5.92 Å². The monoisotopic (exact) mass is 323 g/mol. The van der Waals surface area contributed by atoms with Crippen molar-refractivity contribution in [3.8, 4) is 0 Å². The van der Waals surface area contributed by atoms with Gasteiger partial charge in [-0.25, -0.2) is 0 Å². The molecule has 1 aromatic rings. The first kappa shape index (κ1) is 18.2. The van der Waals surface area contributed by atoms with Crippen molar-refractivity contribution in [2.45, 2.75) is 32.2 Å². The van der Waals surface area contributed by atoms with Gasteiger partial charge < -0.3 is 10.4 Å². The van der Waals surface area contributed by atoms with E-state index in [1.54, 1.807) is 0 Å². The number of ketones is 1. The molecule has 2 unspecified atom stereocenters. The van der Waals surface area contributed by atoms with E-state index >= 15 is 0 Å². The number of amides is 1. The maximum absolute atomic E-state index is 12.4. The number of carboxylic acid groups (broad SMARTS) is 1. The fourth-order valence-corrected chi connectivity index (χ4v) is 2.66. The molecule has 22 heavy (non-hydrogen) atoms. The second kappa shape index (κ2) is 8.58. The van der Waals surface area contributed by atoms with Gasteiger partial charge in [0.2, 0.25) is 5.91 Å². The largest absolute Gasteiger partial charge is 0.480 e. The van der Waals surface area contributed by atoms with Gasteiger partial charge in [-0.1, -0.05) is 30.3 Å². The minimum Gasteiger partial charge on any atom is -0.480 e. The number of rotatable bonds is 8. The molecule has 1 aromatic carbocycles. The Morgan fingerprint density at radius 3 is 2.27 bits per heavy atom. The summed E-state index contributed by atoms with van der Waals surface area (Å²) in [6, 6.07) is 8.22. The van der Waals surface area contributed by atoms with E-state index in [-0.39, 0.29) is 11.7 Å². The Balaban J connectivity index is 3.06. The fraction of sp³-hybridized carbons (Fsp3) is 0.438. The molecule has 0 heterocycles. The number of benzene rings is 1. The van der Waals surface area contributed by atoms with Gasteiger partial charge in [-0.05, 0) is 31.6 Å². The summed E-state index contributed by atoms with van der Waals surface area (Å²) in [5.41, 5.74) is 0.870. The highest BCUT2D eigenvalue weighted by Crippen LogP contribution is 2.29. The van der Waals surface area contributed by atoms with Crippen LogP contribution in [0.15, 0.2) is 30.3 Å². The molecule has 0 aliphatic heterocycles. The second-order valence-electron chi connectivity index (χ2n) is 5.19. The quantitative estimate of drug-likeness (QED) is 0.504. The molecule has 0 aliphatic rings. The van der Waals surface area contributed by atoms with Crippen molar-refractivity contribution in [3.05, 3.63) is 35.9 Å². The predicted octanol–water partition coefficient (Wildman–Crippen LogP) is 1.88. The Morgan fingerprint density at radius 2 is 1.82 bits per heavy atom. The average molecular weight is 323 g/mol. The molecule has 0 aliphatic carbocycles. The fourth-order valence-electron chi connectivity index (χ4n) is 2.38. The summed E-state index contributed by atoms with van der Waals surface area (Å²) in [5, 5.41) is 11.3. The van der Waals surface area contributed by atoms with E-state index in [0.29, 0.717) is 12.2 Å². The topological polar surface area (TPSA) is 83.5 Å². The Morgan fingerprint density at radius 1 is 1.23 bits per heavy atom. The third kappa shape index (κ3) is 4.87. The van der Waals surface area contributed by atoms with Gasteiger partial charge in [0.15, 0.2) is 0 Å². The average Bonchev–Trinajstić information content (AvgIpc) is 2.47. The van der Waals surface area contributed by atoms with Gasteiger partial charge in [-0.15, -0.1) is 0 Å². The number of nitrogens with one attached hydrogen (secondary N) is 1. The summed E-state index contributed by atoms with van der Waals surface area (Å²) >= 11 is 4.21. The highest BCUT2D eigenvalue weighted by atomic mass is 32.1. The van der Waals surface area contributed by atoms with Crippen LogP contribution in [-0.2, 0) is 14.4 Å². The number of carbonyl (C=O) groups excluding carboxylic acids is 2. The van der Waals surface area contributed by atoms with Crippen molar-refractivity contribution in [2.75, 3.05) is 5.75 Å². The lowest BCUT2D eigenvalue weighted by molar-refractivity contribution is -0.143. The molecule has 1 amide bonds. The third-order valence-corrected chi connectivity index (χ3v) is 3.78. The van der Waals surface area contributed by atoms with Crippen LogP contribution in [0.25, 0.3) is 0 Å². The number of carboxylic acids is 1. The molecule has 0 aromatic heterocycles. The molecule has 0 spiro atoms. The molecule has 2 N–H and O–H groups in total. The van der Waals surface area contributed by atoms with Crippen LogP contribution in [0.1, 0.15) is 31.7 Å². The molecule has 1 rings (SSSR count). The van der Waals surface area contributed by atoms with E-state index in [9.17, 15) is 14.4 Å². The summed E-state index contributed by atoms with van der Waals surface area (Å²) in [7, 11) is 0. The van der Waals surface area contributed by atoms with Gasteiger partial charge >= 0.3 is 5.97 Å². The molecular weight excluding hydrogens is 302 g/mol. The zero-order valence-electron chi connectivity index (χ0n) is 12.7. The summed E-state index contributed by atoms with van der Waals surface area (Å²) in [5.74, 6) is -2.70. The number of aliphatic carboxylic acids is 1. The number of hydrogen-bond acceptors (Lipinski definition) is 4. The predicted molar refractivity (Wildman–Crippen MR) is 87.1 cm³/mol. The van der Waals surface area contributed by atoms with Crippen LogP contribution in [0, 0.1) is 5.92 Å². The van der Waals surface area contributed by atoms with E-state index in [1.165, 1.54) is 13.8 Å². The van der Waals surface area contributed by atoms with E-state index < -0.39 is 23.8 Å². The number of Topliss-reactive ketones (excluding diaryl/α,β-unsaturated/α-hetero) is 1. The lowest BCUT2D eigenvalue weighted by atomic mass is 9.81. The number of thiol groups is 1. The van der Waals surface area contributed by atoms with Crippen LogP contribution in [0.5, 0.6) is 0 Å². The Kier molecular flexibility index (Phi) is 7.11. The molecular formula is C16H21NO4S. The SMILES string of the molecule is CC(=O)C(C(=O)N[C@@H](C)C(=O)O)C(CCS)c1ccccc1. The summed E-state index contributed by atoms with van der Waals surface area (Å²) in [6.07, 6.45) is 0.548. The van der Waals surface area contributed by atoms with E-state index in [1.807, 2.05) is 30.3 Å². The minimum absolute atomic E-state index is 0.286. The lowest BCUT2D eigenvalue weighted by Gasteiger charge is -2.25. The molecule has 3 atom stereocenters. The lowest BCUT2D eigenvalue weighted by Crippen LogP contribution is -2.45. The van der Waals surface area contributed by atoms with Crippen LogP contribution in [0.3, 0.4) is 0 Å². The van der Waals surface area contributed by atoms with Gasteiger partial charge in [0.1, 0.15) is 17.7 Å². The third-order valence-electron chi connectivity index (χ3n) is 3.52. The zero-order chi connectivity index (χ0) is 16.7. The Bertz CT molecular complexity index is 532. The van der Waals surface area contributed by atoms with E-state index in [4.69, 9.17) is 5.11 Å². The van der Waals surface area contributed by atoms with Crippen LogP contribution < -0.4 is 5.32 Å². The van der Waals surface area contributed by atoms with Crippen LogP contribution in [0.2, 0.25) is 0 Å². The first-order valence-electron chi connectivity index (χ1n) is 7.08. The van der Waals surface area contributed by atoms with Crippen molar-refractivity contribution in [1.29, 1.82) is 0 Å². The molecule has 120 valence electrons. The van der Waals surface area contributed by atoms with Gasteiger partial charge in [0.05, 0.1) is 0 Å². The Hall–Kier alpha value is -1.82. The van der Waals surface area contributed by atoms with Gasteiger partial charge in [0, 0.05) is 5.92 Å². The smallest absolute Gasteiger partial charge is 0.325 e. The van der Waals surface area contributed by atoms with Crippen molar-refractivity contribution >= 4 is 30.3 Å². The molecule has 0 fully saturated rings. The van der Waals surface area contributed by atoms with Crippen molar-refractivity contribution < 1.29 is 19.5 Å². The summed E-state index contributed by atoms with van der Waals surface area (Å²) < 4.78 is 0. The number of carbonyl (C=O) groups is 3. The highest BCUT2D eigenvalue weighted by molar-refractivity contribution is 7.80. The van der Waals surface area contributed by atoms with Gasteiger partial charge in [-0.3, -0.25) is 14.4 Å². The standard InChI is InChI=1S/C16H21NO4S/c1-10(16(20)21)17-15(19)14(11(2)18)13(8-9-22)12-6-4-3-5-7-12/h3-7,10,13-14,22H,8-9H2,1-2H3,(H,17,19)(H,20,21)/t10-,13?,14?/m0/s1. The van der Waals surface area contributed by atoms with E-state index in [2.05, 4.69) is 17.9 Å². The van der Waals surface area contributed by atoms with Crippen molar-refractivity contribution in [1.82, 2.24) is 5.32 Å². The van der Waals surface area contributed by atoms with Gasteiger partial charge in [-0.2, -0.15) is 12.6 Å². The first-order valence-corrected chi connectivity index (χ1v) is 7.71. The molecule has 0 radical (unpaired) electrons. The molecule has 6 heteroatoms. The zero-order valence-corrected chi connectivity index (χ0v) is 13.5. The van der Waals surface area contributed by atoms with Crippen LogP contribution >= 0.6 is 12.6 Å². The molecule has 0 bridgehead atoms. The first-order chi connectivity index (χ1) is 10.4. The van der Waals surface area contributed by atoms with Crippen molar-refractivity contribution in [3.63, 3.8) is 0 Å². The molecule has 0 saturated carbocycles. The van der Waals surface area contributed by atoms with Crippen LogP contribution in [0.4, 0.5) is 0 Å².